The maximum Gasteiger partial charge on any atom is 0.274 e. The van der Waals surface area contributed by atoms with Crippen molar-refractivity contribution in [2.75, 3.05) is 32.8 Å². The Labute approximate surface area is 173 Å². The molecule has 7 nitrogen and oxygen atoms in total. The van der Waals surface area contributed by atoms with Gasteiger partial charge in [0.1, 0.15) is 17.1 Å². The van der Waals surface area contributed by atoms with Crippen LogP contribution < -0.4 is 5.32 Å². The third-order valence-corrected chi connectivity index (χ3v) is 5.96. The Morgan fingerprint density at radius 3 is 2.70 bits per heavy atom. The van der Waals surface area contributed by atoms with Crippen LogP contribution in [0.5, 0.6) is 0 Å². The van der Waals surface area contributed by atoms with Crippen molar-refractivity contribution in [3.8, 4) is 11.3 Å². The second kappa shape index (κ2) is 7.14. The number of hydrogen-bond acceptors (Lipinski definition) is 5. The van der Waals surface area contributed by atoms with Gasteiger partial charge in [0.05, 0.1) is 25.1 Å². The molecular weight excluding hydrogens is 385 g/mol. The Morgan fingerprint density at radius 2 is 2.03 bits per heavy atom. The second-order valence-electron chi connectivity index (χ2n) is 8.39. The number of fused-ring (bicyclic) bond motifs is 1. The molecular formula is C22H24FN5O2. The minimum absolute atomic E-state index is 0.0941. The average molecular weight is 409 g/mol. The van der Waals surface area contributed by atoms with Gasteiger partial charge in [-0.1, -0.05) is 13.8 Å². The van der Waals surface area contributed by atoms with Crippen LogP contribution in [0.25, 0.3) is 16.9 Å². The van der Waals surface area contributed by atoms with Gasteiger partial charge in [0.2, 0.25) is 0 Å². The lowest BCUT2D eigenvalue weighted by atomic mass is 9.92. The molecule has 0 bridgehead atoms. The van der Waals surface area contributed by atoms with Gasteiger partial charge >= 0.3 is 0 Å². The van der Waals surface area contributed by atoms with Crippen molar-refractivity contribution < 1.29 is 13.9 Å². The zero-order valence-electron chi connectivity index (χ0n) is 17.1. The number of nitrogens with one attached hydrogen (secondary N) is 1. The zero-order valence-corrected chi connectivity index (χ0v) is 17.1. The van der Waals surface area contributed by atoms with Gasteiger partial charge < -0.3 is 15.0 Å². The van der Waals surface area contributed by atoms with E-state index in [1.54, 1.807) is 22.8 Å². The van der Waals surface area contributed by atoms with E-state index in [4.69, 9.17) is 4.74 Å². The molecule has 2 aliphatic rings. The first kappa shape index (κ1) is 19.1. The summed E-state index contributed by atoms with van der Waals surface area (Å²) >= 11 is 0. The molecule has 4 heterocycles. The number of carbonyl (C=O) groups is 1. The fraction of sp³-hybridized carbons (Fsp3) is 0.409. The van der Waals surface area contributed by atoms with E-state index < -0.39 is 0 Å². The zero-order chi connectivity index (χ0) is 20.9. The van der Waals surface area contributed by atoms with Gasteiger partial charge in [0.15, 0.2) is 5.65 Å². The molecule has 0 aliphatic carbocycles. The number of nitrogens with zero attached hydrogens (tertiary/aromatic N) is 4. The van der Waals surface area contributed by atoms with Gasteiger partial charge in [-0.25, -0.2) is 13.9 Å². The molecule has 2 saturated heterocycles. The van der Waals surface area contributed by atoms with Gasteiger partial charge in [0, 0.05) is 30.8 Å². The van der Waals surface area contributed by atoms with Crippen LogP contribution in [0.15, 0.2) is 36.5 Å². The van der Waals surface area contributed by atoms with Crippen LogP contribution in [0.2, 0.25) is 0 Å². The molecule has 2 aliphatic heterocycles. The van der Waals surface area contributed by atoms with Crippen molar-refractivity contribution in [2.45, 2.75) is 25.3 Å². The molecule has 30 heavy (non-hydrogen) atoms. The third kappa shape index (κ3) is 3.07. The quantitative estimate of drug-likeness (QED) is 0.720. The summed E-state index contributed by atoms with van der Waals surface area (Å²) in [5.41, 5.74) is 3.30. The number of ether oxygens (including phenoxy) is 1. The van der Waals surface area contributed by atoms with Gasteiger partial charge in [-0.15, -0.1) is 0 Å². The predicted molar refractivity (Wildman–Crippen MR) is 110 cm³/mol. The van der Waals surface area contributed by atoms with Gasteiger partial charge in [-0.3, -0.25) is 4.79 Å². The number of imidazole rings is 1. The predicted octanol–water partition coefficient (Wildman–Crippen LogP) is 2.47. The number of amides is 1. The highest BCUT2D eigenvalue weighted by Gasteiger charge is 2.48. The average Bonchev–Trinajstić information content (AvgIpc) is 3.16. The highest BCUT2D eigenvalue weighted by Crippen LogP contribution is 2.29. The standard InChI is InChI=1S/C22H24FN5O2/c1-14(2)17-9-18(15-3-5-16(23)6-4-15)26-28-10-19(25-20(17)28)21(29)27-8-7-24-11-22(27)12-30-13-22/h3-6,9-10,14,24H,7-8,11-13H2,1-2H3. The summed E-state index contributed by atoms with van der Waals surface area (Å²) in [6, 6.07) is 8.23. The summed E-state index contributed by atoms with van der Waals surface area (Å²) < 4.78 is 20.4. The van der Waals surface area contributed by atoms with Crippen LogP contribution in [0.1, 0.15) is 35.8 Å². The van der Waals surface area contributed by atoms with Crippen LogP contribution in [-0.2, 0) is 4.74 Å². The number of halogens is 1. The number of hydrogen-bond donors (Lipinski definition) is 1. The molecule has 1 N–H and O–H groups in total. The van der Waals surface area contributed by atoms with E-state index in [0.29, 0.717) is 36.8 Å². The van der Waals surface area contributed by atoms with E-state index in [9.17, 15) is 9.18 Å². The van der Waals surface area contributed by atoms with E-state index in [1.165, 1.54) is 12.1 Å². The number of aromatic nitrogens is 3. The van der Waals surface area contributed by atoms with Crippen LogP contribution in [0.4, 0.5) is 4.39 Å². The third-order valence-electron chi connectivity index (χ3n) is 5.96. The smallest absolute Gasteiger partial charge is 0.274 e. The molecule has 0 unspecified atom stereocenters. The number of rotatable bonds is 3. The topological polar surface area (TPSA) is 71.8 Å². The fourth-order valence-corrected chi connectivity index (χ4v) is 4.19. The molecule has 2 aromatic heterocycles. The number of benzene rings is 1. The van der Waals surface area contributed by atoms with Crippen molar-refractivity contribution in [3.63, 3.8) is 0 Å². The van der Waals surface area contributed by atoms with Crippen LogP contribution in [-0.4, -0.2) is 63.8 Å². The summed E-state index contributed by atoms with van der Waals surface area (Å²) in [7, 11) is 0. The van der Waals surface area contributed by atoms with Crippen LogP contribution in [0.3, 0.4) is 0 Å². The van der Waals surface area contributed by atoms with Crippen molar-refractivity contribution in [1.82, 2.24) is 24.8 Å². The molecule has 0 radical (unpaired) electrons. The summed E-state index contributed by atoms with van der Waals surface area (Å²) in [6.45, 7) is 7.36. The lowest BCUT2D eigenvalue weighted by Crippen LogP contribution is -2.72. The van der Waals surface area contributed by atoms with Gasteiger partial charge in [-0.2, -0.15) is 5.10 Å². The SMILES string of the molecule is CC(C)c1cc(-c2ccc(F)cc2)nn2cc(C(=O)N3CCNCC34COC4)nc12. The summed E-state index contributed by atoms with van der Waals surface area (Å²) in [5.74, 6) is -0.196. The first-order chi connectivity index (χ1) is 14.5. The van der Waals surface area contributed by atoms with Crippen LogP contribution in [0, 0.1) is 5.82 Å². The van der Waals surface area contributed by atoms with E-state index in [1.807, 2.05) is 11.0 Å². The molecule has 1 aromatic carbocycles. The molecule has 2 fully saturated rings. The maximum atomic E-state index is 13.3. The van der Waals surface area contributed by atoms with Crippen molar-refractivity contribution >= 4 is 11.6 Å². The Balaban J connectivity index is 1.57. The highest BCUT2D eigenvalue weighted by atomic mass is 19.1. The summed E-state index contributed by atoms with van der Waals surface area (Å²) in [6.07, 6.45) is 1.70. The lowest BCUT2D eigenvalue weighted by Gasteiger charge is -2.52. The summed E-state index contributed by atoms with van der Waals surface area (Å²) in [5, 5.41) is 8.02. The highest BCUT2D eigenvalue weighted by molar-refractivity contribution is 5.94. The van der Waals surface area contributed by atoms with E-state index in [-0.39, 0.29) is 23.2 Å². The Kier molecular flexibility index (Phi) is 4.56. The van der Waals surface area contributed by atoms with E-state index >= 15 is 0 Å². The van der Waals surface area contributed by atoms with Crippen molar-refractivity contribution in [2.24, 2.45) is 0 Å². The lowest BCUT2D eigenvalue weighted by molar-refractivity contribution is -0.132. The second-order valence-corrected chi connectivity index (χ2v) is 8.39. The van der Waals surface area contributed by atoms with Gasteiger partial charge in [-0.05, 0) is 36.2 Å². The minimum atomic E-state index is -0.288. The van der Waals surface area contributed by atoms with E-state index in [2.05, 4.69) is 29.2 Å². The molecule has 0 saturated carbocycles. The molecule has 1 spiro atoms. The van der Waals surface area contributed by atoms with Crippen molar-refractivity contribution in [1.29, 1.82) is 0 Å². The fourth-order valence-electron chi connectivity index (χ4n) is 4.19. The summed E-state index contributed by atoms with van der Waals surface area (Å²) in [4.78, 5) is 19.9. The molecule has 1 amide bonds. The Bertz CT molecular complexity index is 1100. The molecule has 0 atom stereocenters. The number of carbonyl (C=O) groups excluding carboxylic acids is 1. The first-order valence-corrected chi connectivity index (χ1v) is 10.2. The Morgan fingerprint density at radius 1 is 1.27 bits per heavy atom. The normalized spacial score (nSPS) is 18.2. The van der Waals surface area contributed by atoms with Crippen LogP contribution >= 0.6 is 0 Å². The molecule has 8 heteroatoms. The monoisotopic (exact) mass is 409 g/mol. The maximum absolute atomic E-state index is 13.3. The van der Waals surface area contributed by atoms with Gasteiger partial charge in [0.25, 0.3) is 5.91 Å². The first-order valence-electron chi connectivity index (χ1n) is 10.2. The number of piperazine rings is 1. The molecule has 3 aromatic rings. The van der Waals surface area contributed by atoms with Crippen molar-refractivity contribution in [3.05, 3.63) is 53.6 Å². The molecule has 156 valence electrons. The largest absolute Gasteiger partial charge is 0.376 e. The van der Waals surface area contributed by atoms with E-state index in [0.717, 1.165) is 24.2 Å². The minimum Gasteiger partial charge on any atom is -0.376 e. The molecule has 5 rings (SSSR count). The Hall–Kier alpha value is -2.84.